The number of aromatic nitrogens is 2. The molecule has 0 bridgehead atoms. The minimum absolute atomic E-state index is 0.311. The van der Waals surface area contributed by atoms with Gasteiger partial charge in [0, 0.05) is 17.4 Å². The third-order valence-corrected chi connectivity index (χ3v) is 3.84. The van der Waals surface area contributed by atoms with Crippen LogP contribution in [-0.2, 0) is 17.2 Å². The van der Waals surface area contributed by atoms with Crippen LogP contribution in [0.5, 0.6) is 0 Å². The Morgan fingerprint density at radius 3 is 3.08 bits per heavy atom. The summed E-state index contributed by atoms with van der Waals surface area (Å²) < 4.78 is 13.6. The fourth-order valence-electron chi connectivity index (χ4n) is 1.67. The van der Waals surface area contributed by atoms with Crippen LogP contribution in [0, 0.1) is 0 Å². The molecule has 1 aromatic rings. The molecule has 0 amide bonds. The van der Waals surface area contributed by atoms with Gasteiger partial charge in [-0.1, -0.05) is 0 Å². The third kappa shape index (κ3) is 1.43. The average molecular weight is 198 g/mol. The van der Waals surface area contributed by atoms with Crippen molar-refractivity contribution in [2.75, 3.05) is 5.75 Å². The molecule has 72 valence electrons. The molecule has 13 heavy (non-hydrogen) atoms. The standard InChI is InChI=1S/C9H14N2OS/c1-7(2)11-9-8(6-10-11)4-3-5-13(9)12/h6-7H,3-5H2,1-2H3. The van der Waals surface area contributed by atoms with Gasteiger partial charge >= 0.3 is 0 Å². The molecule has 1 atom stereocenters. The van der Waals surface area contributed by atoms with Crippen LogP contribution in [0.25, 0.3) is 0 Å². The quantitative estimate of drug-likeness (QED) is 0.685. The summed E-state index contributed by atoms with van der Waals surface area (Å²) in [6.07, 6.45) is 3.93. The molecule has 0 aromatic carbocycles. The maximum atomic E-state index is 11.7. The lowest BCUT2D eigenvalue weighted by molar-refractivity contribution is 0.484. The second-order valence-electron chi connectivity index (χ2n) is 3.67. The normalized spacial score (nSPS) is 21.9. The Bertz CT molecular complexity index is 343. The molecule has 1 aliphatic rings. The van der Waals surface area contributed by atoms with Crippen molar-refractivity contribution in [2.45, 2.75) is 37.8 Å². The van der Waals surface area contributed by atoms with E-state index in [9.17, 15) is 4.21 Å². The Balaban J connectivity index is 2.50. The molecule has 0 spiro atoms. The highest BCUT2D eigenvalue weighted by molar-refractivity contribution is 7.85. The lowest BCUT2D eigenvalue weighted by Crippen LogP contribution is -2.15. The summed E-state index contributed by atoms with van der Waals surface area (Å²) in [6, 6.07) is 0.311. The van der Waals surface area contributed by atoms with Gasteiger partial charge in [-0.15, -0.1) is 0 Å². The van der Waals surface area contributed by atoms with E-state index in [1.165, 1.54) is 5.56 Å². The van der Waals surface area contributed by atoms with Gasteiger partial charge in [0.25, 0.3) is 0 Å². The average Bonchev–Trinajstić information content (AvgIpc) is 2.49. The number of aryl methyl sites for hydroxylation is 1. The van der Waals surface area contributed by atoms with Crippen LogP contribution in [0.2, 0.25) is 0 Å². The van der Waals surface area contributed by atoms with Crippen molar-refractivity contribution in [3.05, 3.63) is 11.8 Å². The molecule has 1 aliphatic heterocycles. The van der Waals surface area contributed by atoms with Gasteiger partial charge in [0.05, 0.1) is 17.0 Å². The van der Waals surface area contributed by atoms with Gasteiger partial charge in [0.2, 0.25) is 0 Å². The fourth-order valence-corrected chi connectivity index (χ4v) is 3.18. The van der Waals surface area contributed by atoms with E-state index in [0.717, 1.165) is 23.6 Å². The van der Waals surface area contributed by atoms with Crippen LogP contribution in [0.4, 0.5) is 0 Å². The molecule has 0 radical (unpaired) electrons. The second-order valence-corrected chi connectivity index (χ2v) is 5.15. The van der Waals surface area contributed by atoms with E-state index in [1.54, 1.807) is 0 Å². The van der Waals surface area contributed by atoms with Gasteiger partial charge in [-0.25, -0.2) is 0 Å². The second kappa shape index (κ2) is 3.25. The van der Waals surface area contributed by atoms with Crippen LogP contribution in [0.1, 0.15) is 31.9 Å². The van der Waals surface area contributed by atoms with Crippen molar-refractivity contribution in [3.63, 3.8) is 0 Å². The van der Waals surface area contributed by atoms with Crippen LogP contribution in [0.3, 0.4) is 0 Å². The van der Waals surface area contributed by atoms with Gasteiger partial charge in [0.15, 0.2) is 0 Å². The number of nitrogens with zero attached hydrogens (tertiary/aromatic N) is 2. The summed E-state index contributed by atoms with van der Waals surface area (Å²) >= 11 is 0. The van der Waals surface area contributed by atoms with Gasteiger partial charge in [-0.05, 0) is 26.7 Å². The molecule has 1 unspecified atom stereocenters. The predicted octanol–water partition coefficient (Wildman–Crippen LogP) is 1.52. The number of hydrogen-bond donors (Lipinski definition) is 0. The zero-order valence-electron chi connectivity index (χ0n) is 7.99. The first-order valence-electron chi connectivity index (χ1n) is 4.65. The van der Waals surface area contributed by atoms with E-state index < -0.39 is 10.8 Å². The predicted molar refractivity (Wildman–Crippen MR) is 52.2 cm³/mol. The molecule has 1 aromatic heterocycles. The number of rotatable bonds is 1. The zero-order chi connectivity index (χ0) is 9.42. The van der Waals surface area contributed by atoms with E-state index in [-0.39, 0.29) is 0 Å². The van der Waals surface area contributed by atoms with Crippen molar-refractivity contribution in [1.29, 1.82) is 0 Å². The lowest BCUT2D eigenvalue weighted by atomic mass is 10.2. The van der Waals surface area contributed by atoms with Crippen molar-refractivity contribution in [1.82, 2.24) is 9.78 Å². The maximum absolute atomic E-state index is 11.7. The van der Waals surface area contributed by atoms with E-state index in [0.29, 0.717) is 6.04 Å². The van der Waals surface area contributed by atoms with Crippen LogP contribution in [0.15, 0.2) is 11.2 Å². The molecule has 0 N–H and O–H groups in total. The van der Waals surface area contributed by atoms with Crippen molar-refractivity contribution in [3.8, 4) is 0 Å². The molecule has 3 nitrogen and oxygen atoms in total. The molecular formula is C9H14N2OS. The van der Waals surface area contributed by atoms with Gasteiger partial charge < -0.3 is 0 Å². The fraction of sp³-hybridized carbons (Fsp3) is 0.667. The van der Waals surface area contributed by atoms with E-state index in [2.05, 4.69) is 18.9 Å². The van der Waals surface area contributed by atoms with Gasteiger partial charge in [-0.2, -0.15) is 5.10 Å². The lowest BCUT2D eigenvalue weighted by Gasteiger charge is -2.15. The summed E-state index contributed by atoms with van der Waals surface area (Å²) in [5.41, 5.74) is 1.18. The van der Waals surface area contributed by atoms with E-state index in [4.69, 9.17) is 0 Å². The molecule has 0 saturated carbocycles. The van der Waals surface area contributed by atoms with Crippen LogP contribution < -0.4 is 0 Å². The largest absolute Gasteiger partial charge is 0.254 e. The van der Waals surface area contributed by atoms with E-state index in [1.807, 2.05) is 10.9 Å². The topological polar surface area (TPSA) is 34.9 Å². The highest BCUT2D eigenvalue weighted by Gasteiger charge is 2.22. The van der Waals surface area contributed by atoms with Crippen molar-refractivity contribution in [2.24, 2.45) is 0 Å². The molecule has 0 fully saturated rings. The number of hydrogen-bond acceptors (Lipinski definition) is 2. The Hall–Kier alpha value is -0.640. The minimum Gasteiger partial charge on any atom is -0.254 e. The first-order valence-corrected chi connectivity index (χ1v) is 5.97. The SMILES string of the molecule is CC(C)n1ncc2c1S(=O)CCC2. The third-order valence-electron chi connectivity index (χ3n) is 2.30. The first-order chi connectivity index (χ1) is 6.20. The first kappa shape index (κ1) is 8.94. The van der Waals surface area contributed by atoms with Gasteiger partial charge in [0.1, 0.15) is 5.03 Å². The molecule has 2 rings (SSSR count). The summed E-state index contributed by atoms with van der Waals surface area (Å²) in [7, 11) is -0.816. The zero-order valence-corrected chi connectivity index (χ0v) is 8.80. The summed E-state index contributed by atoms with van der Waals surface area (Å²) in [4.78, 5) is 0. The Kier molecular flexibility index (Phi) is 2.24. The summed E-state index contributed by atoms with van der Waals surface area (Å²) in [5, 5.41) is 5.23. The van der Waals surface area contributed by atoms with Gasteiger partial charge in [-0.3, -0.25) is 8.89 Å². The minimum atomic E-state index is -0.816. The summed E-state index contributed by atoms with van der Waals surface area (Å²) in [5.74, 6) is 0.797. The van der Waals surface area contributed by atoms with Crippen molar-refractivity contribution < 1.29 is 4.21 Å². The summed E-state index contributed by atoms with van der Waals surface area (Å²) in [6.45, 7) is 4.14. The molecule has 4 heteroatoms. The van der Waals surface area contributed by atoms with Crippen molar-refractivity contribution >= 4 is 10.8 Å². The van der Waals surface area contributed by atoms with Crippen LogP contribution in [-0.4, -0.2) is 19.7 Å². The Labute approximate surface area is 80.6 Å². The number of fused-ring (bicyclic) bond motifs is 1. The molecule has 0 aliphatic carbocycles. The highest BCUT2D eigenvalue weighted by atomic mass is 32.2. The maximum Gasteiger partial charge on any atom is 0.128 e. The van der Waals surface area contributed by atoms with E-state index >= 15 is 0 Å². The molecule has 2 heterocycles. The Morgan fingerprint density at radius 2 is 2.38 bits per heavy atom. The van der Waals surface area contributed by atoms with Crippen LogP contribution >= 0.6 is 0 Å². The smallest absolute Gasteiger partial charge is 0.128 e. The highest BCUT2D eigenvalue weighted by Crippen LogP contribution is 2.23. The molecule has 0 saturated heterocycles. The Morgan fingerprint density at radius 1 is 1.62 bits per heavy atom. The monoisotopic (exact) mass is 198 g/mol. The molecular weight excluding hydrogens is 184 g/mol.